The average Bonchev–Trinajstić information content (AvgIpc) is 2.49. The van der Waals surface area contributed by atoms with Gasteiger partial charge in [-0.25, -0.2) is 0 Å². The molecule has 0 bridgehead atoms. The predicted octanol–water partition coefficient (Wildman–Crippen LogP) is 0.104. The van der Waals surface area contributed by atoms with Gasteiger partial charge in [0.1, 0.15) is 0 Å². The number of amides is 1. The Bertz CT molecular complexity index is 256. The number of likely N-dealkylation sites (tertiary alicyclic amines) is 1. The first kappa shape index (κ1) is 10.9. The van der Waals surface area contributed by atoms with Crippen molar-refractivity contribution in [2.75, 3.05) is 26.8 Å². The van der Waals surface area contributed by atoms with E-state index in [-0.39, 0.29) is 11.9 Å². The number of rotatable bonds is 1. The summed E-state index contributed by atoms with van der Waals surface area (Å²) in [6.45, 7) is 7.13. The van der Waals surface area contributed by atoms with Gasteiger partial charge in [-0.3, -0.25) is 10.1 Å². The molecule has 1 amide bonds. The highest BCUT2D eigenvalue weighted by Gasteiger charge is 2.37. The van der Waals surface area contributed by atoms with E-state index in [0.29, 0.717) is 12.0 Å². The molecular formula is C11H21N3O. The van der Waals surface area contributed by atoms with Crippen molar-refractivity contribution in [3.05, 3.63) is 0 Å². The minimum Gasteiger partial charge on any atom is -0.325 e. The molecule has 2 rings (SSSR count). The number of hydrogen-bond donors (Lipinski definition) is 1. The second-order valence-electron chi connectivity index (χ2n) is 4.99. The molecule has 86 valence electrons. The van der Waals surface area contributed by atoms with Crippen LogP contribution in [0.15, 0.2) is 0 Å². The standard InChI is InChI=1S/C11H21N3O/c1-8-6-13(3)5-4-10(8)14-7-12-9(2)11(14)15/h8-10,12H,4-7H2,1-3H3. The third-order valence-corrected chi connectivity index (χ3v) is 3.68. The van der Waals surface area contributed by atoms with E-state index >= 15 is 0 Å². The van der Waals surface area contributed by atoms with Crippen LogP contribution in [0.2, 0.25) is 0 Å². The van der Waals surface area contributed by atoms with Gasteiger partial charge in [-0.1, -0.05) is 6.92 Å². The molecule has 0 aromatic carbocycles. The predicted molar refractivity (Wildman–Crippen MR) is 59.4 cm³/mol. The summed E-state index contributed by atoms with van der Waals surface area (Å²) in [6.07, 6.45) is 1.11. The Morgan fingerprint density at radius 1 is 1.40 bits per heavy atom. The van der Waals surface area contributed by atoms with Gasteiger partial charge in [0.05, 0.1) is 12.7 Å². The van der Waals surface area contributed by atoms with Crippen molar-refractivity contribution in [2.45, 2.75) is 32.4 Å². The SMILES string of the molecule is CC1NCN(C2CCN(C)CC2C)C1=O. The summed E-state index contributed by atoms with van der Waals surface area (Å²) in [5, 5.41) is 3.21. The fourth-order valence-electron chi connectivity index (χ4n) is 2.73. The highest BCUT2D eigenvalue weighted by molar-refractivity contribution is 5.83. The summed E-state index contributed by atoms with van der Waals surface area (Å²) >= 11 is 0. The van der Waals surface area contributed by atoms with Crippen molar-refractivity contribution in [2.24, 2.45) is 5.92 Å². The zero-order valence-electron chi connectivity index (χ0n) is 9.86. The normalized spacial score (nSPS) is 38.7. The number of nitrogens with zero attached hydrogens (tertiary/aromatic N) is 2. The molecule has 0 aliphatic carbocycles. The van der Waals surface area contributed by atoms with Gasteiger partial charge in [0.2, 0.25) is 5.91 Å². The summed E-state index contributed by atoms with van der Waals surface area (Å²) in [7, 11) is 2.15. The fourth-order valence-corrected chi connectivity index (χ4v) is 2.73. The highest BCUT2D eigenvalue weighted by Crippen LogP contribution is 2.23. The second-order valence-corrected chi connectivity index (χ2v) is 4.99. The smallest absolute Gasteiger partial charge is 0.240 e. The lowest BCUT2D eigenvalue weighted by atomic mass is 9.93. The monoisotopic (exact) mass is 211 g/mol. The van der Waals surface area contributed by atoms with E-state index in [1.54, 1.807) is 0 Å². The van der Waals surface area contributed by atoms with Gasteiger partial charge in [0, 0.05) is 12.6 Å². The van der Waals surface area contributed by atoms with Crippen LogP contribution in [0.25, 0.3) is 0 Å². The average molecular weight is 211 g/mol. The quantitative estimate of drug-likeness (QED) is 0.668. The summed E-state index contributed by atoms with van der Waals surface area (Å²) in [5.74, 6) is 0.858. The Balaban J connectivity index is 2.02. The van der Waals surface area contributed by atoms with Crippen molar-refractivity contribution in [3.63, 3.8) is 0 Å². The Morgan fingerprint density at radius 2 is 2.13 bits per heavy atom. The molecule has 0 saturated carbocycles. The summed E-state index contributed by atoms with van der Waals surface area (Å²) < 4.78 is 0. The van der Waals surface area contributed by atoms with E-state index in [0.717, 1.165) is 26.2 Å². The van der Waals surface area contributed by atoms with Crippen LogP contribution in [0.4, 0.5) is 0 Å². The molecule has 2 aliphatic rings. The molecule has 0 radical (unpaired) electrons. The molecule has 3 atom stereocenters. The van der Waals surface area contributed by atoms with Gasteiger partial charge in [0.15, 0.2) is 0 Å². The molecular weight excluding hydrogens is 190 g/mol. The zero-order valence-corrected chi connectivity index (χ0v) is 9.86. The second kappa shape index (κ2) is 4.10. The molecule has 3 unspecified atom stereocenters. The lowest BCUT2D eigenvalue weighted by Crippen LogP contribution is -2.50. The molecule has 0 aromatic heterocycles. The molecule has 2 heterocycles. The van der Waals surface area contributed by atoms with Gasteiger partial charge in [-0.05, 0) is 32.9 Å². The van der Waals surface area contributed by atoms with Crippen LogP contribution in [0.5, 0.6) is 0 Å². The molecule has 1 N–H and O–H groups in total. The van der Waals surface area contributed by atoms with Crippen LogP contribution in [0.1, 0.15) is 20.3 Å². The molecule has 0 spiro atoms. The molecule has 15 heavy (non-hydrogen) atoms. The maximum absolute atomic E-state index is 11.9. The van der Waals surface area contributed by atoms with Crippen LogP contribution in [0, 0.1) is 5.92 Å². The summed E-state index contributed by atoms with van der Waals surface area (Å²) in [4.78, 5) is 16.3. The van der Waals surface area contributed by atoms with Gasteiger partial charge >= 0.3 is 0 Å². The van der Waals surface area contributed by atoms with E-state index < -0.39 is 0 Å². The van der Waals surface area contributed by atoms with Crippen LogP contribution >= 0.6 is 0 Å². The van der Waals surface area contributed by atoms with Crippen LogP contribution in [0.3, 0.4) is 0 Å². The van der Waals surface area contributed by atoms with Crippen LogP contribution in [-0.2, 0) is 4.79 Å². The van der Waals surface area contributed by atoms with E-state index in [9.17, 15) is 4.79 Å². The van der Waals surface area contributed by atoms with Crippen molar-refractivity contribution >= 4 is 5.91 Å². The Kier molecular flexibility index (Phi) is 2.98. The summed E-state index contributed by atoms with van der Waals surface area (Å²) in [6, 6.07) is 0.447. The van der Waals surface area contributed by atoms with E-state index in [1.165, 1.54) is 0 Å². The largest absolute Gasteiger partial charge is 0.325 e. The highest BCUT2D eigenvalue weighted by atomic mass is 16.2. The van der Waals surface area contributed by atoms with Gasteiger partial charge in [0.25, 0.3) is 0 Å². The number of hydrogen-bond acceptors (Lipinski definition) is 3. The Hall–Kier alpha value is -0.610. The van der Waals surface area contributed by atoms with Crippen molar-refractivity contribution < 1.29 is 4.79 Å². The van der Waals surface area contributed by atoms with Gasteiger partial charge in [-0.2, -0.15) is 0 Å². The zero-order chi connectivity index (χ0) is 11.0. The first-order valence-corrected chi connectivity index (χ1v) is 5.82. The molecule has 2 saturated heterocycles. The minimum atomic E-state index is 0.0110. The topological polar surface area (TPSA) is 35.6 Å². The minimum absolute atomic E-state index is 0.0110. The third-order valence-electron chi connectivity index (χ3n) is 3.68. The lowest BCUT2D eigenvalue weighted by Gasteiger charge is -2.39. The van der Waals surface area contributed by atoms with Crippen molar-refractivity contribution in [3.8, 4) is 0 Å². The summed E-state index contributed by atoms with van der Waals surface area (Å²) in [5.41, 5.74) is 0. The number of carbonyl (C=O) groups excluding carboxylic acids is 1. The number of carbonyl (C=O) groups is 1. The van der Waals surface area contributed by atoms with Gasteiger partial charge < -0.3 is 9.80 Å². The lowest BCUT2D eigenvalue weighted by molar-refractivity contribution is -0.132. The van der Waals surface area contributed by atoms with Crippen molar-refractivity contribution in [1.82, 2.24) is 15.1 Å². The Labute approximate surface area is 91.6 Å². The van der Waals surface area contributed by atoms with Crippen LogP contribution < -0.4 is 5.32 Å². The maximum atomic E-state index is 11.9. The number of piperidine rings is 1. The van der Waals surface area contributed by atoms with Gasteiger partial charge in [-0.15, -0.1) is 0 Å². The van der Waals surface area contributed by atoms with E-state index in [4.69, 9.17) is 0 Å². The Morgan fingerprint density at radius 3 is 2.67 bits per heavy atom. The van der Waals surface area contributed by atoms with Crippen molar-refractivity contribution in [1.29, 1.82) is 0 Å². The number of nitrogens with one attached hydrogen (secondary N) is 1. The first-order chi connectivity index (χ1) is 7.09. The molecule has 4 heteroatoms. The fraction of sp³-hybridized carbons (Fsp3) is 0.909. The molecule has 2 fully saturated rings. The molecule has 0 aromatic rings. The van der Waals surface area contributed by atoms with Crippen LogP contribution in [-0.4, -0.2) is 54.6 Å². The maximum Gasteiger partial charge on any atom is 0.240 e. The molecule has 2 aliphatic heterocycles. The molecule has 4 nitrogen and oxygen atoms in total. The van der Waals surface area contributed by atoms with E-state index in [2.05, 4.69) is 24.2 Å². The third kappa shape index (κ3) is 2.01. The van der Waals surface area contributed by atoms with E-state index in [1.807, 2.05) is 11.8 Å². The first-order valence-electron chi connectivity index (χ1n) is 5.82.